The van der Waals surface area contributed by atoms with Crippen LogP contribution in [0.1, 0.15) is 10.4 Å². The quantitative estimate of drug-likeness (QED) is 0.834. The van der Waals surface area contributed by atoms with Gasteiger partial charge in [0.15, 0.2) is 0 Å². The number of nitrogens with zero attached hydrogens (tertiary/aromatic N) is 1. The summed E-state index contributed by atoms with van der Waals surface area (Å²) in [4.78, 5) is 15.5. The van der Waals surface area contributed by atoms with Gasteiger partial charge in [0.05, 0.1) is 5.56 Å². The SMILES string of the molecule is O=C(Nc1ccncc1)c1cc(F)ccc1O. The van der Waals surface area contributed by atoms with Crippen molar-refractivity contribution in [3.8, 4) is 5.75 Å². The Morgan fingerprint density at radius 3 is 2.65 bits per heavy atom. The van der Waals surface area contributed by atoms with E-state index in [4.69, 9.17) is 0 Å². The molecule has 1 aromatic heterocycles. The molecule has 0 saturated heterocycles. The van der Waals surface area contributed by atoms with Gasteiger partial charge >= 0.3 is 0 Å². The van der Waals surface area contributed by atoms with Crippen LogP contribution in [0.2, 0.25) is 0 Å². The highest BCUT2D eigenvalue weighted by Gasteiger charge is 2.12. The number of anilines is 1. The summed E-state index contributed by atoms with van der Waals surface area (Å²) in [5.41, 5.74) is 0.412. The van der Waals surface area contributed by atoms with Gasteiger partial charge in [0.25, 0.3) is 5.91 Å². The highest BCUT2D eigenvalue weighted by molar-refractivity contribution is 6.06. The van der Waals surface area contributed by atoms with E-state index in [1.807, 2.05) is 0 Å². The van der Waals surface area contributed by atoms with Crippen molar-refractivity contribution in [1.29, 1.82) is 0 Å². The molecular weight excluding hydrogens is 223 g/mol. The van der Waals surface area contributed by atoms with Crippen LogP contribution in [0.5, 0.6) is 5.75 Å². The number of aromatic hydroxyl groups is 1. The molecule has 0 radical (unpaired) electrons. The molecular formula is C12H9FN2O2. The molecule has 1 aromatic carbocycles. The number of carbonyl (C=O) groups is 1. The largest absolute Gasteiger partial charge is 0.507 e. The standard InChI is InChI=1S/C12H9FN2O2/c13-8-1-2-11(16)10(7-8)12(17)15-9-3-5-14-6-4-9/h1-7,16H,(H,14,15,17). The number of amides is 1. The molecule has 1 amide bonds. The van der Waals surface area contributed by atoms with Gasteiger partial charge in [-0.2, -0.15) is 0 Å². The van der Waals surface area contributed by atoms with E-state index in [9.17, 15) is 14.3 Å². The Morgan fingerprint density at radius 1 is 1.24 bits per heavy atom. The average Bonchev–Trinajstić information content (AvgIpc) is 2.33. The number of benzene rings is 1. The Kier molecular flexibility index (Phi) is 3.00. The van der Waals surface area contributed by atoms with Crippen molar-refractivity contribution in [3.63, 3.8) is 0 Å². The van der Waals surface area contributed by atoms with Gasteiger partial charge in [-0.25, -0.2) is 4.39 Å². The van der Waals surface area contributed by atoms with Crippen molar-refractivity contribution < 1.29 is 14.3 Å². The van der Waals surface area contributed by atoms with E-state index in [-0.39, 0.29) is 11.3 Å². The number of phenolic OH excluding ortho intramolecular Hbond substituents is 1. The van der Waals surface area contributed by atoms with Gasteiger partial charge in [-0.3, -0.25) is 9.78 Å². The van der Waals surface area contributed by atoms with E-state index in [1.54, 1.807) is 12.1 Å². The maximum atomic E-state index is 12.9. The molecule has 0 aliphatic carbocycles. The number of carbonyl (C=O) groups excluding carboxylic acids is 1. The van der Waals surface area contributed by atoms with Crippen molar-refractivity contribution in [3.05, 3.63) is 54.1 Å². The molecule has 2 aromatic rings. The molecule has 0 bridgehead atoms. The molecule has 0 spiro atoms. The molecule has 0 saturated carbocycles. The lowest BCUT2D eigenvalue weighted by atomic mass is 10.2. The second-order valence-corrected chi connectivity index (χ2v) is 3.35. The number of phenols is 1. The molecule has 5 heteroatoms. The van der Waals surface area contributed by atoms with Gasteiger partial charge in [0.1, 0.15) is 11.6 Å². The third kappa shape index (κ3) is 2.57. The fraction of sp³-hybridized carbons (Fsp3) is 0. The zero-order valence-electron chi connectivity index (χ0n) is 8.72. The van der Waals surface area contributed by atoms with E-state index >= 15 is 0 Å². The molecule has 86 valence electrons. The van der Waals surface area contributed by atoms with Crippen LogP contribution < -0.4 is 5.32 Å². The summed E-state index contributed by atoms with van der Waals surface area (Å²) in [5, 5.41) is 12.0. The van der Waals surface area contributed by atoms with Crippen LogP contribution in [0.25, 0.3) is 0 Å². The van der Waals surface area contributed by atoms with Gasteiger partial charge in [-0.1, -0.05) is 0 Å². The Morgan fingerprint density at radius 2 is 1.94 bits per heavy atom. The Hall–Kier alpha value is -2.43. The summed E-state index contributed by atoms with van der Waals surface area (Å²) < 4.78 is 12.9. The first-order chi connectivity index (χ1) is 8.16. The molecule has 4 nitrogen and oxygen atoms in total. The molecule has 0 aliphatic heterocycles. The van der Waals surface area contributed by atoms with Crippen molar-refractivity contribution in [2.24, 2.45) is 0 Å². The normalized spacial score (nSPS) is 9.94. The third-order valence-electron chi connectivity index (χ3n) is 2.14. The molecule has 0 aliphatic rings. The first-order valence-electron chi connectivity index (χ1n) is 4.87. The van der Waals surface area contributed by atoms with Gasteiger partial charge in [-0.05, 0) is 30.3 Å². The summed E-state index contributed by atoms with van der Waals surface area (Å²) in [6.45, 7) is 0. The Bertz CT molecular complexity index is 543. The minimum absolute atomic E-state index is 0.109. The van der Waals surface area contributed by atoms with E-state index in [0.29, 0.717) is 5.69 Å². The van der Waals surface area contributed by atoms with Crippen LogP contribution in [0, 0.1) is 5.82 Å². The molecule has 17 heavy (non-hydrogen) atoms. The molecule has 1 heterocycles. The predicted octanol–water partition coefficient (Wildman–Crippen LogP) is 2.18. The first-order valence-corrected chi connectivity index (χ1v) is 4.87. The van der Waals surface area contributed by atoms with E-state index < -0.39 is 11.7 Å². The van der Waals surface area contributed by atoms with Crippen molar-refractivity contribution in [2.45, 2.75) is 0 Å². The molecule has 0 atom stereocenters. The van der Waals surface area contributed by atoms with Gasteiger partial charge in [0.2, 0.25) is 0 Å². The lowest BCUT2D eigenvalue weighted by Gasteiger charge is -2.06. The van der Waals surface area contributed by atoms with Crippen molar-refractivity contribution in [1.82, 2.24) is 4.98 Å². The van der Waals surface area contributed by atoms with E-state index in [2.05, 4.69) is 10.3 Å². The van der Waals surface area contributed by atoms with Gasteiger partial charge < -0.3 is 10.4 Å². The fourth-order valence-corrected chi connectivity index (χ4v) is 1.32. The van der Waals surface area contributed by atoms with E-state index in [1.165, 1.54) is 12.4 Å². The highest BCUT2D eigenvalue weighted by atomic mass is 19.1. The minimum Gasteiger partial charge on any atom is -0.507 e. The number of pyridine rings is 1. The maximum absolute atomic E-state index is 12.9. The van der Waals surface area contributed by atoms with Crippen LogP contribution >= 0.6 is 0 Å². The minimum atomic E-state index is -0.581. The summed E-state index contributed by atoms with van der Waals surface area (Å²) in [6, 6.07) is 6.38. The number of nitrogens with one attached hydrogen (secondary N) is 1. The van der Waals surface area contributed by atoms with Crippen molar-refractivity contribution >= 4 is 11.6 Å². The van der Waals surface area contributed by atoms with Crippen molar-refractivity contribution in [2.75, 3.05) is 5.32 Å². The van der Waals surface area contributed by atoms with Crippen LogP contribution in [0.4, 0.5) is 10.1 Å². The average molecular weight is 232 g/mol. The number of rotatable bonds is 2. The zero-order valence-corrected chi connectivity index (χ0v) is 8.72. The van der Waals surface area contributed by atoms with Crippen LogP contribution in [0.15, 0.2) is 42.7 Å². The fourth-order valence-electron chi connectivity index (χ4n) is 1.32. The highest BCUT2D eigenvalue weighted by Crippen LogP contribution is 2.19. The first kappa shape index (κ1) is 11.1. The summed E-state index contributed by atoms with van der Waals surface area (Å²) in [5.74, 6) is -1.42. The molecule has 0 unspecified atom stereocenters. The zero-order chi connectivity index (χ0) is 12.3. The molecule has 2 rings (SSSR count). The van der Waals surface area contributed by atoms with Crippen LogP contribution in [0.3, 0.4) is 0 Å². The topological polar surface area (TPSA) is 62.2 Å². The number of hydrogen-bond donors (Lipinski definition) is 2. The summed E-state index contributed by atoms with van der Waals surface area (Å²) >= 11 is 0. The lowest BCUT2D eigenvalue weighted by Crippen LogP contribution is -2.12. The number of halogens is 1. The van der Waals surface area contributed by atoms with Crippen LogP contribution in [-0.2, 0) is 0 Å². The Labute approximate surface area is 96.7 Å². The summed E-state index contributed by atoms with van der Waals surface area (Å²) in [7, 11) is 0. The predicted molar refractivity (Wildman–Crippen MR) is 60.3 cm³/mol. The van der Waals surface area contributed by atoms with Gasteiger partial charge in [-0.15, -0.1) is 0 Å². The second kappa shape index (κ2) is 4.61. The van der Waals surface area contributed by atoms with Gasteiger partial charge in [0, 0.05) is 18.1 Å². The Balaban J connectivity index is 2.23. The lowest BCUT2D eigenvalue weighted by molar-refractivity contribution is 0.102. The smallest absolute Gasteiger partial charge is 0.259 e. The van der Waals surface area contributed by atoms with Crippen LogP contribution in [-0.4, -0.2) is 16.0 Å². The monoisotopic (exact) mass is 232 g/mol. The van der Waals surface area contributed by atoms with E-state index in [0.717, 1.165) is 18.2 Å². The maximum Gasteiger partial charge on any atom is 0.259 e. The number of aromatic nitrogens is 1. The number of hydrogen-bond acceptors (Lipinski definition) is 3. The summed E-state index contributed by atoms with van der Waals surface area (Å²) in [6.07, 6.45) is 3.03. The second-order valence-electron chi connectivity index (χ2n) is 3.35. The third-order valence-corrected chi connectivity index (χ3v) is 2.14. The molecule has 0 fully saturated rings. The molecule has 2 N–H and O–H groups in total.